The predicted molar refractivity (Wildman–Crippen MR) is 73.2 cm³/mol. The van der Waals surface area contributed by atoms with Crippen LogP contribution in [0.4, 0.5) is 10.1 Å². The van der Waals surface area contributed by atoms with E-state index in [2.05, 4.69) is 4.90 Å². The first-order chi connectivity index (χ1) is 8.49. The standard InChI is InChI=1S/C14H23FN2O/c1-10(2)17(8-5-9-18)13-7-4-6-12(15)14(13)11(3)16/h4,6-7,10-11,18H,5,8-9,16H2,1-3H3/t11-/m1/s1. The second-order valence-electron chi connectivity index (χ2n) is 4.83. The fourth-order valence-corrected chi connectivity index (χ4v) is 2.12. The Labute approximate surface area is 108 Å². The minimum Gasteiger partial charge on any atom is -0.396 e. The zero-order valence-electron chi connectivity index (χ0n) is 11.4. The highest BCUT2D eigenvalue weighted by molar-refractivity contribution is 5.56. The van der Waals surface area contributed by atoms with E-state index in [1.165, 1.54) is 6.07 Å². The topological polar surface area (TPSA) is 49.5 Å². The Morgan fingerprint density at radius 1 is 1.33 bits per heavy atom. The molecule has 3 nitrogen and oxygen atoms in total. The molecule has 0 fully saturated rings. The van der Waals surface area contributed by atoms with Gasteiger partial charge in [-0.05, 0) is 39.3 Å². The van der Waals surface area contributed by atoms with Gasteiger partial charge in [0.1, 0.15) is 5.82 Å². The van der Waals surface area contributed by atoms with Crippen molar-refractivity contribution >= 4 is 5.69 Å². The molecule has 0 heterocycles. The van der Waals surface area contributed by atoms with Crippen LogP contribution in [0.25, 0.3) is 0 Å². The molecule has 1 aromatic rings. The Hall–Kier alpha value is -1.13. The highest BCUT2D eigenvalue weighted by atomic mass is 19.1. The van der Waals surface area contributed by atoms with Crippen LogP contribution in [-0.4, -0.2) is 24.3 Å². The van der Waals surface area contributed by atoms with Crippen molar-refractivity contribution in [3.8, 4) is 0 Å². The van der Waals surface area contributed by atoms with Gasteiger partial charge in [0.15, 0.2) is 0 Å². The number of aliphatic hydroxyl groups is 1. The first-order valence-electron chi connectivity index (χ1n) is 6.40. The lowest BCUT2D eigenvalue weighted by atomic mass is 10.0. The molecule has 0 aliphatic heterocycles. The van der Waals surface area contributed by atoms with Crippen molar-refractivity contribution in [1.82, 2.24) is 0 Å². The van der Waals surface area contributed by atoms with Gasteiger partial charge in [-0.15, -0.1) is 0 Å². The Balaban J connectivity index is 3.14. The van der Waals surface area contributed by atoms with Crippen LogP contribution in [0.2, 0.25) is 0 Å². The summed E-state index contributed by atoms with van der Waals surface area (Å²) in [5.74, 6) is -0.267. The third-order valence-corrected chi connectivity index (χ3v) is 2.98. The number of aliphatic hydroxyl groups excluding tert-OH is 1. The van der Waals surface area contributed by atoms with Crippen molar-refractivity contribution in [1.29, 1.82) is 0 Å². The number of rotatable bonds is 6. The molecule has 18 heavy (non-hydrogen) atoms. The molecule has 4 heteroatoms. The van der Waals surface area contributed by atoms with Gasteiger partial charge in [-0.1, -0.05) is 6.07 Å². The Bertz CT molecular complexity index is 380. The van der Waals surface area contributed by atoms with Crippen LogP contribution in [-0.2, 0) is 0 Å². The molecule has 0 unspecified atom stereocenters. The second kappa shape index (κ2) is 6.71. The van der Waals surface area contributed by atoms with E-state index in [4.69, 9.17) is 10.8 Å². The largest absolute Gasteiger partial charge is 0.396 e. The molecule has 0 spiro atoms. The van der Waals surface area contributed by atoms with Crippen molar-refractivity contribution < 1.29 is 9.50 Å². The smallest absolute Gasteiger partial charge is 0.130 e. The highest BCUT2D eigenvalue weighted by Crippen LogP contribution is 2.29. The van der Waals surface area contributed by atoms with Crippen molar-refractivity contribution in [2.24, 2.45) is 5.73 Å². The van der Waals surface area contributed by atoms with Crippen molar-refractivity contribution in [2.75, 3.05) is 18.1 Å². The number of hydrogen-bond acceptors (Lipinski definition) is 3. The first kappa shape index (κ1) is 14.9. The van der Waals surface area contributed by atoms with Crippen LogP contribution in [0.15, 0.2) is 18.2 Å². The summed E-state index contributed by atoms with van der Waals surface area (Å²) in [5, 5.41) is 8.95. The lowest BCUT2D eigenvalue weighted by Gasteiger charge is -2.31. The summed E-state index contributed by atoms with van der Waals surface area (Å²) >= 11 is 0. The van der Waals surface area contributed by atoms with Crippen LogP contribution in [0, 0.1) is 5.82 Å². The van der Waals surface area contributed by atoms with Gasteiger partial charge in [0.05, 0.1) is 0 Å². The fourth-order valence-electron chi connectivity index (χ4n) is 2.12. The Morgan fingerprint density at radius 2 is 2.00 bits per heavy atom. The van der Waals surface area contributed by atoms with Gasteiger partial charge >= 0.3 is 0 Å². The van der Waals surface area contributed by atoms with E-state index < -0.39 is 0 Å². The average molecular weight is 254 g/mol. The average Bonchev–Trinajstić information content (AvgIpc) is 2.28. The maximum atomic E-state index is 13.9. The molecule has 0 aliphatic rings. The molecule has 0 aliphatic carbocycles. The van der Waals surface area contributed by atoms with Gasteiger partial charge in [0, 0.05) is 36.5 Å². The van der Waals surface area contributed by atoms with Crippen molar-refractivity contribution in [2.45, 2.75) is 39.3 Å². The number of nitrogens with zero attached hydrogens (tertiary/aromatic N) is 1. The predicted octanol–water partition coefficient (Wildman–Crippen LogP) is 2.44. The maximum absolute atomic E-state index is 13.9. The summed E-state index contributed by atoms with van der Waals surface area (Å²) in [4.78, 5) is 2.08. The first-order valence-corrected chi connectivity index (χ1v) is 6.40. The summed E-state index contributed by atoms with van der Waals surface area (Å²) in [6, 6.07) is 4.91. The third-order valence-electron chi connectivity index (χ3n) is 2.98. The SMILES string of the molecule is CC(C)N(CCCO)c1cccc(F)c1[C@@H](C)N. The minimum absolute atomic E-state index is 0.131. The van der Waals surface area contributed by atoms with E-state index in [9.17, 15) is 4.39 Å². The minimum atomic E-state index is -0.350. The van der Waals surface area contributed by atoms with Gasteiger partial charge in [-0.2, -0.15) is 0 Å². The second-order valence-corrected chi connectivity index (χ2v) is 4.83. The van der Waals surface area contributed by atoms with Crippen LogP contribution in [0.1, 0.15) is 38.8 Å². The monoisotopic (exact) mass is 254 g/mol. The summed E-state index contributed by atoms with van der Waals surface area (Å²) in [5.41, 5.74) is 7.24. The van der Waals surface area contributed by atoms with Crippen molar-refractivity contribution in [3.63, 3.8) is 0 Å². The molecule has 0 saturated heterocycles. The summed E-state index contributed by atoms with van der Waals surface area (Å²) < 4.78 is 13.9. The van der Waals surface area contributed by atoms with Gasteiger partial charge in [-0.25, -0.2) is 4.39 Å². The van der Waals surface area contributed by atoms with Gasteiger partial charge in [0.2, 0.25) is 0 Å². The Morgan fingerprint density at radius 3 is 2.50 bits per heavy atom. The van der Waals surface area contributed by atoms with E-state index in [0.717, 1.165) is 5.69 Å². The van der Waals surface area contributed by atoms with Gasteiger partial charge in [0.25, 0.3) is 0 Å². The molecule has 0 bridgehead atoms. The lowest BCUT2D eigenvalue weighted by molar-refractivity contribution is 0.288. The van der Waals surface area contributed by atoms with Crippen LogP contribution in [0.3, 0.4) is 0 Å². The zero-order valence-corrected chi connectivity index (χ0v) is 11.4. The molecular formula is C14H23FN2O. The van der Waals surface area contributed by atoms with Crippen LogP contribution in [0.5, 0.6) is 0 Å². The molecule has 102 valence electrons. The van der Waals surface area contributed by atoms with Gasteiger partial charge in [-0.3, -0.25) is 0 Å². The molecule has 0 amide bonds. The molecule has 1 rings (SSSR count). The Kier molecular flexibility index (Phi) is 5.56. The lowest BCUT2D eigenvalue weighted by Crippen LogP contribution is -2.34. The number of benzene rings is 1. The van der Waals surface area contributed by atoms with Crippen molar-refractivity contribution in [3.05, 3.63) is 29.6 Å². The molecule has 3 N–H and O–H groups in total. The van der Waals surface area contributed by atoms with E-state index in [0.29, 0.717) is 18.5 Å². The fraction of sp³-hybridized carbons (Fsp3) is 0.571. The van der Waals surface area contributed by atoms with E-state index in [1.54, 1.807) is 13.0 Å². The number of nitrogens with two attached hydrogens (primary N) is 1. The third kappa shape index (κ3) is 3.43. The van der Waals surface area contributed by atoms with E-state index in [1.807, 2.05) is 19.9 Å². The summed E-state index contributed by atoms with van der Waals surface area (Å²) in [7, 11) is 0. The number of hydrogen-bond donors (Lipinski definition) is 2. The molecule has 0 radical (unpaired) electrons. The summed E-state index contributed by atoms with van der Waals surface area (Å²) in [6.07, 6.45) is 0.660. The van der Waals surface area contributed by atoms with Crippen LogP contribution < -0.4 is 10.6 Å². The zero-order chi connectivity index (χ0) is 13.7. The van der Waals surface area contributed by atoms with Crippen LogP contribution >= 0.6 is 0 Å². The van der Waals surface area contributed by atoms with E-state index in [-0.39, 0.29) is 24.5 Å². The number of anilines is 1. The molecule has 0 aromatic heterocycles. The maximum Gasteiger partial charge on any atom is 0.130 e. The van der Waals surface area contributed by atoms with E-state index >= 15 is 0 Å². The summed E-state index contributed by atoms with van der Waals surface area (Å²) in [6.45, 7) is 6.70. The highest BCUT2D eigenvalue weighted by Gasteiger charge is 2.19. The quantitative estimate of drug-likeness (QED) is 0.819. The molecule has 1 atom stereocenters. The molecule has 1 aromatic carbocycles. The number of halogens is 1. The molecular weight excluding hydrogens is 231 g/mol. The van der Waals surface area contributed by atoms with Gasteiger partial charge < -0.3 is 15.7 Å². The normalized spacial score (nSPS) is 12.8. The molecule has 0 saturated carbocycles.